The highest BCUT2D eigenvalue weighted by Crippen LogP contribution is 2.26. The van der Waals surface area contributed by atoms with Gasteiger partial charge in [-0.25, -0.2) is 4.79 Å². The number of nitrogens with two attached hydrogens (primary N) is 1. The maximum absolute atomic E-state index is 11.8. The highest BCUT2D eigenvalue weighted by atomic mass is 32.3. The van der Waals surface area contributed by atoms with E-state index in [-0.39, 0.29) is 18.0 Å². The molecule has 10 heteroatoms. The summed E-state index contributed by atoms with van der Waals surface area (Å²) in [6.45, 7) is 1.69. The molecule has 18 heavy (non-hydrogen) atoms. The van der Waals surface area contributed by atoms with Gasteiger partial charge in [0.25, 0.3) is 0 Å². The number of carbonyl (C=O) groups is 1. The smallest absolute Gasteiger partial charge is 0.368 e. The van der Waals surface area contributed by atoms with E-state index < -0.39 is 28.0 Å². The number of hydrogen-bond acceptors (Lipinski definition) is 5. The predicted molar refractivity (Wildman–Crippen MR) is 57.9 cm³/mol. The van der Waals surface area contributed by atoms with Crippen LogP contribution < -0.4 is 15.7 Å². The molecular weight excluding hydrogens is 266 g/mol. The minimum absolute atomic E-state index is 0.228. The highest BCUT2D eigenvalue weighted by Gasteiger charge is 2.35. The van der Waals surface area contributed by atoms with Gasteiger partial charge in [0.2, 0.25) is 5.91 Å². The third-order valence-electron chi connectivity index (χ3n) is 2.77. The number of primary amides is 1. The van der Waals surface area contributed by atoms with E-state index >= 15 is 0 Å². The summed E-state index contributed by atoms with van der Waals surface area (Å²) in [5.41, 5.74) is 4.55. The third kappa shape index (κ3) is 1.99. The normalized spacial score (nSPS) is 22.8. The van der Waals surface area contributed by atoms with Crippen molar-refractivity contribution in [2.24, 2.45) is 11.7 Å². The Hall–Kier alpha value is -1.81. The van der Waals surface area contributed by atoms with E-state index in [4.69, 9.17) is 10.3 Å². The first-order chi connectivity index (χ1) is 8.20. The molecule has 100 valence electrons. The summed E-state index contributed by atoms with van der Waals surface area (Å²) in [4.78, 5) is 23.1. The van der Waals surface area contributed by atoms with Crippen LogP contribution in [0, 0.1) is 5.92 Å². The molecule has 9 nitrogen and oxygen atoms in total. The lowest BCUT2D eigenvalue weighted by molar-refractivity contribution is -0.122. The Balaban J connectivity index is 2.55. The van der Waals surface area contributed by atoms with Crippen LogP contribution in [0.5, 0.6) is 0 Å². The van der Waals surface area contributed by atoms with Crippen LogP contribution >= 0.6 is 0 Å². The van der Waals surface area contributed by atoms with Crippen molar-refractivity contribution in [2.75, 3.05) is 0 Å². The molecule has 1 unspecified atom stereocenters. The van der Waals surface area contributed by atoms with Gasteiger partial charge in [0.1, 0.15) is 6.04 Å². The van der Waals surface area contributed by atoms with Crippen LogP contribution in [-0.4, -0.2) is 28.2 Å². The molecule has 0 radical (unpaired) electrons. The lowest BCUT2D eigenvalue weighted by Gasteiger charge is -2.23. The number of imidazole rings is 1. The molecule has 0 aromatic carbocycles. The van der Waals surface area contributed by atoms with E-state index in [0.29, 0.717) is 4.73 Å². The summed E-state index contributed by atoms with van der Waals surface area (Å²) in [6.07, 6.45) is 1.51. The molecule has 0 saturated carbocycles. The van der Waals surface area contributed by atoms with Crippen molar-refractivity contribution in [3.05, 3.63) is 22.4 Å². The predicted octanol–water partition coefficient (Wildman–Crippen LogP) is -1.90. The van der Waals surface area contributed by atoms with Crippen molar-refractivity contribution in [1.82, 2.24) is 9.30 Å². The van der Waals surface area contributed by atoms with Crippen molar-refractivity contribution in [3.63, 3.8) is 0 Å². The number of fused-ring (bicyclic) bond motifs is 2. The zero-order valence-electron chi connectivity index (χ0n) is 9.31. The molecule has 0 saturated heterocycles. The number of rotatable bonds is 3. The van der Waals surface area contributed by atoms with Crippen molar-refractivity contribution in [2.45, 2.75) is 19.4 Å². The lowest BCUT2D eigenvalue weighted by atomic mass is 9.94. The molecule has 2 heterocycles. The topological polar surface area (TPSA) is 134 Å². The number of nitrogens with zero attached hydrogens (tertiary/aromatic N) is 2. The average molecular weight is 277 g/mol. The molecule has 1 aliphatic heterocycles. The van der Waals surface area contributed by atoms with Crippen molar-refractivity contribution in [3.8, 4) is 0 Å². The van der Waals surface area contributed by atoms with E-state index in [9.17, 15) is 18.0 Å². The van der Waals surface area contributed by atoms with Gasteiger partial charge in [-0.15, -0.1) is 4.73 Å². The van der Waals surface area contributed by atoms with Gasteiger partial charge in [0.15, 0.2) is 0 Å². The summed E-state index contributed by atoms with van der Waals surface area (Å²) in [7, 11) is -4.81. The molecule has 0 aliphatic carbocycles. The summed E-state index contributed by atoms with van der Waals surface area (Å²) in [6, 6.07) is -0.865. The van der Waals surface area contributed by atoms with Crippen LogP contribution in [0.1, 0.15) is 18.7 Å². The molecule has 0 fully saturated rings. The molecule has 2 bridgehead atoms. The van der Waals surface area contributed by atoms with Gasteiger partial charge in [-0.3, -0.25) is 18.2 Å². The van der Waals surface area contributed by atoms with Crippen molar-refractivity contribution in [1.29, 1.82) is 0 Å². The zero-order chi connectivity index (χ0) is 13.7. The van der Waals surface area contributed by atoms with E-state index in [0.717, 1.165) is 4.57 Å². The molecule has 0 spiro atoms. The lowest BCUT2D eigenvalue weighted by Crippen LogP contribution is -2.38. The second-order valence-corrected chi connectivity index (χ2v) is 5.14. The van der Waals surface area contributed by atoms with Gasteiger partial charge in [-0.1, -0.05) is 6.92 Å². The summed E-state index contributed by atoms with van der Waals surface area (Å²) in [5, 5.41) is 0. The molecule has 3 N–H and O–H groups in total. The Morgan fingerprint density at radius 3 is 2.72 bits per heavy atom. The third-order valence-corrected chi connectivity index (χ3v) is 3.11. The largest absolute Gasteiger partial charge is 0.465 e. The average Bonchev–Trinajstić information content (AvgIpc) is 2.41. The molecule has 1 aromatic rings. The van der Waals surface area contributed by atoms with E-state index in [2.05, 4.69) is 4.28 Å². The standard InChI is InChI=1S/C8H11N3O6S/c1-4-2-5-3-10(6(4)7(9)12)8(13)11(5)17-18(14,15)16/h3-4,6H,2H2,1H3,(H2,9,12)(H,14,15,16)/t4?,6-/m0/s1. The molecule has 2 atom stereocenters. The maximum atomic E-state index is 11.8. The van der Waals surface area contributed by atoms with E-state index in [1.807, 2.05) is 0 Å². The van der Waals surface area contributed by atoms with Crippen LogP contribution in [0.4, 0.5) is 0 Å². The SMILES string of the molecule is CC1Cc2cn(c(=O)n2OS(=O)(=O)O)[C@@H]1C(N)=O. The van der Waals surface area contributed by atoms with Gasteiger partial charge in [-0.05, 0) is 12.3 Å². The number of hydrogen-bond donors (Lipinski definition) is 2. The fraction of sp³-hybridized carbons (Fsp3) is 0.500. The molecular formula is C8H11N3O6S. The number of carbonyl (C=O) groups excluding carboxylic acids is 1. The van der Waals surface area contributed by atoms with Crippen LogP contribution in [0.25, 0.3) is 0 Å². The van der Waals surface area contributed by atoms with Gasteiger partial charge >= 0.3 is 16.1 Å². The van der Waals surface area contributed by atoms with E-state index in [1.54, 1.807) is 6.92 Å². The number of aromatic nitrogens is 2. The second-order valence-electron chi connectivity index (χ2n) is 4.14. The van der Waals surface area contributed by atoms with E-state index in [1.165, 1.54) is 6.20 Å². The molecule has 2 rings (SSSR count). The van der Waals surface area contributed by atoms with Crippen LogP contribution in [0.2, 0.25) is 0 Å². The van der Waals surface area contributed by atoms with Crippen LogP contribution in [-0.2, 0) is 21.6 Å². The number of amides is 1. The maximum Gasteiger partial charge on any atom is 0.465 e. The molecule has 1 aromatic heterocycles. The summed E-state index contributed by atoms with van der Waals surface area (Å²) >= 11 is 0. The molecule has 1 aliphatic rings. The van der Waals surface area contributed by atoms with Gasteiger partial charge in [-0.2, -0.15) is 8.42 Å². The first-order valence-corrected chi connectivity index (χ1v) is 6.36. The van der Waals surface area contributed by atoms with Crippen LogP contribution in [0.3, 0.4) is 0 Å². The second kappa shape index (κ2) is 3.85. The first kappa shape index (κ1) is 12.6. The fourth-order valence-electron chi connectivity index (χ4n) is 2.14. The Morgan fingerprint density at radius 1 is 1.61 bits per heavy atom. The first-order valence-electron chi connectivity index (χ1n) is 5.00. The Labute approximate surface area is 102 Å². The monoisotopic (exact) mass is 277 g/mol. The van der Waals surface area contributed by atoms with Gasteiger partial charge in [0, 0.05) is 6.20 Å². The van der Waals surface area contributed by atoms with Gasteiger partial charge in [0.05, 0.1) is 5.69 Å². The minimum Gasteiger partial charge on any atom is -0.368 e. The van der Waals surface area contributed by atoms with Crippen molar-refractivity contribution < 1.29 is 22.0 Å². The Morgan fingerprint density at radius 2 is 2.22 bits per heavy atom. The quantitative estimate of drug-likeness (QED) is 0.620. The van der Waals surface area contributed by atoms with Gasteiger partial charge < -0.3 is 5.73 Å². The highest BCUT2D eigenvalue weighted by molar-refractivity contribution is 7.81. The minimum atomic E-state index is -4.81. The zero-order valence-corrected chi connectivity index (χ0v) is 10.1. The summed E-state index contributed by atoms with van der Waals surface area (Å²) in [5.74, 6) is -0.971. The molecule has 1 amide bonds. The summed E-state index contributed by atoms with van der Waals surface area (Å²) < 4.78 is 35.4. The Bertz CT molecular complexity index is 657. The fourth-order valence-corrected chi connectivity index (χ4v) is 2.49. The van der Waals surface area contributed by atoms with Crippen molar-refractivity contribution >= 4 is 16.3 Å². The Kier molecular flexibility index (Phi) is 2.70. The van der Waals surface area contributed by atoms with Crippen LogP contribution in [0.15, 0.2) is 11.0 Å².